The van der Waals surface area contributed by atoms with E-state index in [2.05, 4.69) is 31.8 Å². The molecular formula is C27H33ClFN7O. The molecule has 2 aliphatic heterocycles. The number of rotatable bonds is 8. The van der Waals surface area contributed by atoms with E-state index in [9.17, 15) is 4.39 Å². The third-order valence-corrected chi connectivity index (χ3v) is 7.84. The molecule has 0 radical (unpaired) electrons. The lowest BCUT2D eigenvalue weighted by molar-refractivity contribution is 0.222. The quantitative estimate of drug-likeness (QED) is 0.465. The van der Waals surface area contributed by atoms with Crippen molar-refractivity contribution in [1.82, 2.24) is 19.9 Å². The van der Waals surface area contributed by atoms with Crippen molar-refractivity contribution >= 4 is 23.5 Å². The van der Waals surface area contributed by atoms with Gasteiger partial charge in [0.2, 0.25) is 11.9 Å². The molecule has 1 aromatic carbocycles. The van der Waals surface area contributed by atoms with Crippen molar-refractivity contribution in [2.24, 2.45) is 17.6 Å². The normalized spacial score (nSPS) is 21.3. The van der Waals surface area contributed by atoms with Crippen LogP contribution in [0.5, 0.6) is 5.75 Å². The third-order valence-electron chi connectivity index (χ3n) is 7.64. The van der Waals surface area contributed by atoms with Gasteiger partial charge in [-0.2, -0.15) is 0 Å². The molecule has 2 aliphatic rings. The summed E-state index contributed by atoms with van der Waals surface area (Å²) in [5.41, 5.74) is 6.98. The van der Waals surface area contributed by atoms with Gasteiger partial charge in [-0.05, 0) is 42.7 Å². The maximum absolute atomic E-state index is 14.3. The first kappa shape index (κ1) is 25.6. The van der Waals surface area contributed by atoms with Crippen molar-refractivity contribution in [2.45, 2.75) is 38.1 Å². The van der Waals surface area contributed by atoms with Gasteiger partial charge in [0.15, 0.2) is 5.75 Å². The molecule has 196 valence electrons. The van der Waals surface area contributed by atoms with Crippen molar-refractivity contribution < 1.29 is 9.13 Å². The van der Waals surface area contributed by atoms with E-state index in [1.807, 2.05) is 11.0 Å². The molecule has 37 heavy (non-hydrogen) atoms. The highest BCUT2D eigenvalue weighted by Gasteiger charge is 2.34. The number of ether oxygens (including phenoxy) is 1. The Morgan fingerprint density at radius 2 is 1.65 bits per heavy atom. The van der Waals surface area contributed by atoms with Crippen molar-refractivity contribution in [3.8, 4) is 5.75 Å². The van der Waals surface area contributed by atoms with Gasteiger partial charge in [-0.1, -0.05) is 36.7 Å². The number of benzene rings is 1. The topological polar surface area (TPSA) is 93.3 Å². The molecule has 0 amide bonds. The van der Waals surface area contributed by atoms with E-state index >= 15 is 0 Å². The zero-order chi connectivity index (χ0) is 25.8. The lowest BCUT2D eigenvalue weighted by Crippen LogP contribution is -2.36. The zero-order valence-electron chi connectivity index (χ0n) is 21.0. The summed E-state index contributed by atoms with van der Waals surface area (Å²) in [6, 6.07) is 6.65. The monoisotopic (exact) mass is 525 g/mol. The van der Waals surface area contributed by atoms with Gasteiger partial charge in [0.25, 0.3) is 0 Å². The molecule has 3 aromatic rings. The van der Waals surface area contributed by atoms with Gasteiger partial charge in [-0.3, -0.25) is 0 Å². The fourth-order valence-electron chi connectivity index (χ4n) is 5.38. The number of halogens is 2. The van der Waals surface area contributed by atoms with E-state index in [4.69, 9.17) is 22.1 Å². The number of aromatic nitrogens is 4. The van der Waals surface area contributed by atoms with Crippen molar-refractivity contribution in [3.63, 3.8) is 0 Å². The Balaban J connectivity index is 1.06. The molecule has 0 bridgehead atoms. The summed E-state index contributed by atoms with van der Waals surface area (Å²) in [5.74, 6) is 2.88. The maximum atomic E-state index is 14.3. The molecule has 0 saturated carbocycles. The first-order chi connectivity index (χ1) is 18.0. The summed E-state index contributed by atoms with van der Waals surface area (Å²) < 4.78 is 20.2. The highest BCUT2D eigenvalue weighted by atomic mass is 35.5. The van der Waals surface area contributed by atoms with Gasteiger partial charge in [-0.25, -0.2) is 24.3 Å². The van der Waals surface area contributed by atoms with Crippen LogP contribution in [-0.2, 0) is 0 Å². The average Bonchev–Trinajstić information content (AvgIpc) is 3.31. The molecule has 0 spiro atoms. The largest absolute Gasteiger partial charge is 0.490 e. The minimum absolute atomic E-state index is 0.0900. The number of anilines is 2. The Hall–Kier alpha value is -3.04. The highest BCUT2D eigenvalue weighted by Crippen LogP contribution is 2.31. The predicted molar refractivity (Wildman–Crippen MR) is 143 cm³/mol. The molecule has 2 aromatic heterocycles. The molecule has 2 fully saturated rings. The van der Waals surface area contributed by atoms with Crippen LogP contribution in [0.1, 0.15) is 37.7 Å². The Bertz CT molecular complexity index is 1160. The van der Waals surface area contributed by atoms with Crippen LogP contribution in [0.2, 0.25) is 5.02 Å². The predicted octanol–water partition coefficient (Wildman–Crippen LogP) is 4.31. The summed E-state index contributed by atoms with van der Waals surface area (Å²) in [7, 11) is 0. The SMILES string of the molecule is C[C@H](CCOc1cnc(N2C[C@H](c3ccccc3F)[C@@H](N)C2)nc1)C1CCN(c2ncc(Cl)cn2)CC1. The number of hydrogen-bond donors (Lipinski definition) is 1. The highest BCUT2D eigenvalue weighted by molar-refractivity contribution is 6.30. The first-order valence-corrected chi connectivity index (χ1v) is 13.3. The van der Waals surface area contributed by atoms with Crippen LogP contribution < -0.4 is 20.3 Å². The Kier molecular flexibility index (Phi) is 8.00. The second-order valence-corrected chi connectivity index (χ2v) is 10.5. The van der Waals surface area contributed by atoms with E-state index in [1.165, 1.54) is 6.07 Å². The fourth-order valence-corrected chi connectivity index (χ4v) is 5.48. The molecule has 3 atom stereocenters. The van der Waals surface area contributed by atoms with Crippen LogP contribution >= 0.6 is 11.6 Å². The van der Waals surface area contributed by atoms with E-state index in [0.29, 0.717) is 53.8 Å². The number of hydrogen-bond acceptors (Lipinski definition) is 8. The number of piperidine rings is 1. The van der Waals surface area contributed by atoms with Crippen LogP contribution in [-0.4, -0.2) is 58.8 Å². The van der Waals surface area contributed by atoms with Gasteiger partial charge in [-0.15, -0.1) is 0 Å². The minimum Gasteiger partial charge on any atom is -0.490 e. The Morgan fingerprint density at radius 1 is 1.00 bits per heavy atom. The second-order valence-electron chi connectivity index (χ2n) is 10.1. The molecule has 2 N–H and O–H groups in total. The maximum Gasteiger partial charge on any atom is 0.225 e. The first-order valence-electron chi connectivity index (χ1n) is 12.9. The van der Waals surface area contributed by atoms with Crippen LogP contribution in [0.15, 0.2) is 49.1 Å². The molecule has 8 nitrogen and oxygen atoms in total. The lowest BCUT2D eigenvalue weighted by Gasteiger charge is -2.34. The molecular weight excluding hydrogens is 493 g/mol. The molecule has 4 heterocycles. The lowest BCUT2D eigenvalue weighted by atomic mass is 9.84. The second kappa shape index (κ2) is 11.6. The smallest absolute Gasteiger partial charge is 0.225 e. The standard InChI is InChI=1S/C27H33ClFN7O/c1-18(19-6-9-35(10-7-19)26-31-12-20(28)13-32-26)8-11-37-21-14-33-27(34-15-21)36-16-23(25(30)17-36)22-4-2-3-5-24(22)29/h2-5,12-15,18-19,23,25H,6-11,16-17,30H2,1H3/t18-,23-,25+/m1/s1. The molecule has 0 aliphatic carbocycles. The number of nitrogens with two attached hydrogens (primary N) is 1. The third kappa shape index (κ3) is 6.10. The van der Waals surface area contributed by atoms with Crippen LogP contribution in [0, 0.1) is 17.7 Å². The summed E-state index contributed by atoms with van der Waals surface area (Å²) in [4.78, 5) is 21.9. The van der Waals surface area contributed by atoms with Gasteiger partial charge >= 0.3 is 0 Å². The molecule has 10 heteroatoms. The van der Waals surface area contributed by atoms with Crippen molar-refractivity contribution in [2.75, 3.05) is 42.6 Å². The van der Waals surface area contributed by atoms with Crippen molar-refractivity contribution in [1.29, 1.82) is 0 Å². The Labute approximate surface area is 222 Å². The zero-order valence-corrected chi connectivity index (χ0v) is 21.8. The molecule has 0 unspecified atom stereocenters. The average molecular weight is 526 g/mol. The fraction of sp³-hybridized carbons (Fsp3) is 0.481. The van der Waals surface area contributed by atoms with Crippen molar-refractivity contribution in [3.05, 3.63) is 65.5 Å². The van der Waals surface area contributed by atoms with Gasteiger partial charge in [0.05, 0.1) is 36.4 Å². The van der Waals surface area contributed by atoms with E-state index in [1.54, 1.807) is 36.9 Å². The molecule has 2 saturated heterocycles. The van der Waals surface area contributed by atoms with E-state index in [0.717, 1.165) is 38.3 Å². The summed E-state index contributed by atoms with van der Waals surface area (Å²) in [6.07, 6.45) is 9.89. The van der Waals surface area contributed by atoms with E-state index < -0.39 is 0 Å². The van der Waals surface area contributed by atoms with Crippen LogP contribution in [0.25, 0.3) is 0 Å². The minimum atomic E-state index is -0.218. The van der Waals surface area contributed by atoms with E-state index in [-0.39, 0.29) is 17.8 Å². The number of nitrogens with zero attached hydrogens (tertiary/aromatic N) is 6. The molecule has 5 rings (SSSR count). The summed E-state index contributed by atoms with van der Waals surface area (Å²) in [5, 5.41) is 0.556. The Morgan fingerprint density at radius 3 is 2.35 bits per heavy atom. The summed E-state index contributed by atoms with van der Waals surface area (Å²) >= 11 is 5.90. The van der Waals surface area contributed by atoms with Gasteiger partial charge in [0.1, 0.15) is 5.82 Å². The van der Waals surface area contributed by atoms with Gasteiger partial charge in [0, 0.05) is 38.1 Å². The summed E-state index contributed by atoms with van der Waals surface area (Å²) in [6.45, 7) is 5.98. The van der Waals surface area contributed by atoms with Crippen LogP contribution in [0.4, 0.5) is 16.3 Å². The van der Waals surface area contributed by atoms with Gasteiger partial charge < -0.3 is 20.3 Å². The van der Waals surface area contributed by atoms with Crippen LogP contribution in [0.3, 0.4) is 0 Å².